The van der Waals surface area contributed by atoms with Gasteiger partial charge in [-0.2, -0.15) is 0 Å². The Morgan fingerprint density at radius 3 is 0.778 bits per heavy atom. The van der Waals surface area contributed by atoms with E-state index in [1.54, 1.807) is 0 Å². The minimum Gasteiger partial charge on any atom is -0.481 e. The van der Waals surface area contributed by atoms with Gasteiger partial charge in [-0.3, -0.25) is 4.79 Å². The summed E-state index contributed by atoms with van der Waals surface area (Å²) in [5.74, 6) is -4.36. The summed E-state index contributed by atoms with van der Waals surface area (Å²) in [4.78, 5) is 46.8. The molecule has 0 unspecified atom stereocenters. The van der Waals surface area contributed by atoms with E-state index in [9.17, 15) is 24.0 Å². The van der Waals surface area contributed by atoms with Crippen LogP contribution in [-0.2, 0) is 24.0 Å². The van der Waals surface area contributed by atoms with Crippen LogP contribution in [0, 0.1) is 5.92 Å². The second kappa shape index (κ2) is 27.2. The first-order valence-corrected chi connectivity index (χ1v) is 6.84. The average Bonchev–Trinajstić information content (AvgIpc) is 2.55. The van der Waals surface area contributed by atoms with E-state index >= 15 is 0 Å². The summed E-state index contributed by atoms with van der Waals surface area (Å²) >= 11 is 0. The van der Waals surface area contributed by atoms with Crippen molar-refractivity contribution >= 4 is 29.8 Å². The molecule has 0 fully saturated rings. The molecule has 0 aromatic heterocycles. The van der Waals surface area contributed by atoms with Gasteiger partial charge >= 0.3 is 29.8 Å². The summed E-state index contributed by atoms with van der Waals surface area (Å²) in [6.07, 6.45) is 3.61. The molecule has 0 radical (unpaired) electrons. The van der Waals surface area contributed by atoms with E-state index in [-0.39, 0.29) is 12.3 Å². The first-order chi connectivity index (χ1) is 12.2. The largest absolute Gasteiger partial charge is 0.481 e. The van der Waals surface area contributed by atoms with Gasteiger partial charge in [0.05, 0.1) is 0 Å². The fourth-order valence-corrected chi connectivity index (χ4v) is 0.349. The third kappa shape index (κ3) is 133. The number of carboxylic acids is 5. The molecule has 0 aliphatic rings. The highest BCUT2D eigenvalue weighted by Gasteiger charge is 1.98. The topological polar surface area (TPSA) is 186 Å². The molecule has 10 nitrogen and oxygen atoms in total. The van der Waals surface area contributed by atoms with Crippen LogP contribution in [0.25, 0.3) is 0 Å². The van der Waals surface area contributed by atoms with E-state index in [4.69, 9.17) is 25.5 Å². The van der Waals surface area contributed by atoms with Gasteiger partial charge in [0, 0.05) is 30.7 Å². The lowest BCUT2D eigenvalue weighted by Crippen LogP contribution is -1.99. The summed E-state index contributed by atoms with van der Waals surface area (Å²) in [5.41, 5.74) is 0. The van der Waals surface area contributed by atoms with E-state index in [0.717, 1.165) is 24.3 Å². The highest BCUT2D eigenvalue weighted by molar-refractivity contribution is 5.79. The van der Waals surface area contributed by atoms with Gasteiger partial charge in [0.25, 0.3) is 0 Å². The Balaban J connectivity index is -0.0000000753. The van der Waals surface area contributed by atoms with Gasteiger partial charge in [-0.1, -0.05) is 40.2 Å². The summed E-state index contributed by atoms with van der Waals surface area (Å²) in [6.45, 7) is 15.6. The molecule has 0 amide bonds. The Bertz CT molecular complexity index is 432. The second-order valence-electron chi connectivity index (χ2n) is 4.16. The SMILES string of the molecule is C=CC(=O)O.C=CC(=O)O.C=CC(=O)O.C=CC(=O)O.CC(C)CC(=O)O. The number of hydrogen-bond acceptors (Lipinski definition) is 5. The Morgan fingerprint density at radius 2 is 0.778 bits per heavy atom. The fourth-order valence-electron chi connectivity index (χ4n) is 0.349. The standard InChI is InChI=1S/C5H10O2.4C3H4O2/c1-4(2)3-5(6)7;4*1-2-3(4)5/h4H,3H2,1-2H3,(H,6,7);4*2H,1H2,(H,4,5). The van der Waals surface area contributed by atoms with Gasteiger partial charge < -0.3 is 25.5 Å². The van der Waals surface area contributed by atoms with Crippen LogP contribution in [0.2, 0.25) is 0 Å². The Kier molecular flexibility index (Phi) is 34.8. The fraction of sp³-hybridized carbons (Fsp3) is 0.235. The van der Waals surface area contributed by atoms with Crippen LogP contribution in [0.1, 0.15) is 20.3 Å². The van der Waals surface area contributed by atoms with E-state index in [0.29, 0.717) is 0 Å². The predicted molar refractivity (Wildman–Crippen MR) is 98.4 cm³/mol. The van der Waals surface area contributed by atoms with Crippen molar-refractivity contribution in [1.29, 1.82) is 0 Å². The number of aliphatic carboxylic acids is 5. The maximum Gasteiger partial charge on any atom is 0.327 e. The molecule has 0 spiro atoms. The molecule has 0 aromatic carbocycles. The monoisotopic (exact) mass is 390 g/mol. The van der Waals surface area contributed by atoms with Gasteiger partial charge in [-0.25, -0.2) is 19.2 Å². The minimum atomic E-state index is -0.981. The number of rotatable bonds is 6. The minimum absolute atomic E-state index is 0.275. The molecule has 27 heavy (non-hydrogen) atoms. The van der Waals surface area contributed by atoms with Crippen LogP contribution in [0.5, 0.6) is 0 Å². The quantitative estimate of drug-likeness (QED) is 0.420. The molecule has 0 bridgehead atoms. The van der Waals surface area contributed by atoms with Gasteiger partial charge in [0.1, 0.15) is 0 Å². The second-order valence-corrected chi connectivity index (χ2v) is 4.16. The van der Waals surface area contributed by atoms with Crippen LogP contribution in [0.3, 0.4) is 0 Å². The molecular weight excluding hydrogens is 364 g/mol. The van der Waals surface area contributed by atoms with Crippen molar-refractivity contribution < 1.29 is 49.5 Å². The molecule has 0 aromatic rings. The first-order valence-electron chi connectivity index (χ1n) is 6.84. The van der Waals surface area contributed by atoms with E-state index in [1.165, 1.54) is 0 Å². The maximum absolute atomic E-state index is 9.81. The van der Waals surface area contributed by atoms with Crippen molar-refractivity contribution in [3.05, 3.63) is 50.6 Å². The van der Waals surface area contributed by atoms with Crippen molar-refractivity contribution in [3.63, 3.8) is 0 Å². The molecule has 0 aliphatic carbocycles. The van der Waals surface area contributed by atoms with E-state index in [1.807, 2.05) is 13.8 Å². The number of carbonyl (C=O) groups is 5. The number of hydrogen-bond donors (Lipinski definition) is 5. The van der Waals surface area contributed by atoms with Crippen molar-refractivity contribution in [2.24, 2.45) is 5.92 Å². The Morgan fingerprint density at radius 1 is 0.630 bits per heavy atom. The molecular formula is C17H26O10. The van der Waals surface area contributed by atoms with E-state index in [2.05, 4.69) is 26.3 Å². The third-order valence-corrected chi connectivity index (χ3v) is 1.28. The van der Waals surface area contributed by atoms with Gasteiger partial charge in [-0.15, -0.1) is 0 Å². The van der Waals surface area contributed by atoms with Crippen LogP contribution in [0.4, 0.5) is 0 Å². The number of carboxylic acid groups (broad SMARTS) is 5. The van der Waals surface area contributed by atoms with Crippen LogP contribution in [0.15, 0.2) is 50.6 Å². The van der Waals surface area contributed by atoms with Crippen molar-refractivity contribution in [2.45, 2.75) is 20.3 Å². The third-order valence-electron chi connectivity index (χ3n) is 1.28. The lowest BCUT2D eigenvalue weighted by Gasteiger charge is -1.94. The molecule has 5 N–H and O–H groups in total. The van der Waals surface area contributed by atoms with Gasteiger partial charge in [0.2, 0.25) is 0 Å². The Hall–Kier alpha value is -3.69. The highest BCUT2D eigenvalue weighted by atomic mass is 16.4. The molecule has 0 heterocycles. The highest BCUT2D eigenvalue weighted by Crippen LogP contribution is 1.96. The molecule has 0 saturated heterocycles. The van der Waals surface area contributed by atoms with Crippen LogP contribution < -0.4 is 0 Å². The molecule has 10 heteroatoms. The summed E-state index contributed by atoms with van der Waals surface area (Å²) in [7, 11) is 0. The first kappa shape index (κ1) is 34.6. The summed E-state index contributed by atoms with van der Waals surface area (Å²) < 4.78 is 0. The van der Waals surface area contributed by atoms with Crippen molar-refractivity contribution in [2.75, 3.05) is 0 Å². The summed E-state index contributed by atoms with van der Waals surface area (Å²) in [5, 5.41) is 38.5. The molecule has 0 rings (SSSR count). The van der Waals surface area contributed by atoms with Gasteiger partial charge in [-0.05, 0) is 5.92 Å². The predicted octanol–water partition coefficient (Wildman–Crippen LogP) is 2.15. The molecule has 154 valence electrons. The lowest BCUT2D eigenvalue weighted by molar-refractivity contribution is -0.138. The molecule has 0 saturated carbocycles. The zero-order chi connectivity index (χ0) is 23.0. The van der Waals surface area contributed by atoms with Crippen molar-refractivity contribution in [1.82, 2.24) is 0 Å². The normalized spacial score (nSPS) is 7.22. The zero-order valence-electron chi connectivity index (χ0n) is 15.2. The molecule has 0 aliphatic heterocycles. The van der Waals surface area contributed by atoms with E-state index < -0.39 is 29.8 Å². The lowest BCUT2D eigenvalue weighted by atomic mass is 10.1. The van der Waals surface area contributed by atoms with Crippen LogP contribution in [-0.4, -0.2) is 55.4 Å². The van der Waals surface area contributed by atoms with Gasteiger partial charge in [0.15, 0.2) is 0 Å². The van der Waals surface area contributed by atoms with Crippen LogP contribution >= 0.6 is 0 Å². The average molecular weight is 390 g/mol. The maximum atomic E-state index is 9.81. The smallest absolute Gasteiger partial charge is 0.327 e. The molecule has 0 atom stereocenters. The Labute approximate surface area is 157 Å². The summed E-state index contributed by atoms with van der Waals surface area (Å²) in [6, 6.07) is 0. The van der Waals surface area contributed by atoms with Crippen molar-refractivity contribution in [3.8, 4) is 0 Å². The zero-order valence-corrected chi connectivity index (χ0v) is 15.2.